The summed E-state index contributed by atoms with van der Waals surface area (Å²) in [6.45, 7) is 4.61. The van der Waals surface area contributed by atoms with Crippen LogP contribution in [0, 0.1) is 5.92 Å². The van der Waals surface area contributed by atoms with Gasteiger partial charge in [-0.15, -0.1) is 0 Å². The highest BCUT2D eigenvalue weighted by Gasteiger charge is 2.14. The minimum absolute atomic E-state index is 0.0538. The van der Waals surface area contributed by atoms with Crippen LogP contribution in [-0.2, 0) is 11.2 Å². The van der Waals surface area contributed by atoms with Crippen molar-refractivity contribution in [3.8, 4) is 5.75 Å². The Morgan fingerprint density at radius 3 is 2.39 bits per heavy atom. The van der Waals surface area contributed by atoms with Gasteiger partial charge in [0, 0.05) is 12.7 Å². The number of carbonyl (C=O) groups excluding carboxylic acids is 2. The smallest absolute Gasteiger partial charge is 0.261 e. The molecule has 0 aliphatic carbocycles. The predicted molar refractivity (Wildman–Crippen MR) is 115 cm³/mol. The molecule has 0 aromatic heterocycles. The highest BCUT2D eigenvalue weighted by atomic mass is 32.1. The Bertz CT molecular complexity index is 835. The fraction of sp³-hybridized carbons (Fsp3) is 0.286. The summed E-state index contributed by atoms with van der Waals surface area (Å²) in [4.78, 5) is 24.0. The molecule has 28 heavy (non-hydrogen) atoms. The van der Waals surface area contributed by atoms with Crippen molar-refractivity contribution in [1.82, 2.24) is 10.6 Å². The zero-order valence-electron chi connectivity index (χ0n) is 16.2. The van der Waals surface area contributed by atoms with Crippen molar-refractivity contribution in [3.05, 3.63) is 59.7 Å². The summed E-state index contributed by atoms with van der Waals surface area (Å²) in [6.07, 6.45) is 0.311. The molecule has 0 atom stereocenters. The number of benzene rings is 2. The Morgan fingerprint density at radius 2 is 1.75 bits per heavy atom. The molecule has 0 aliphatic heterocycles. The number of hydrogen-bond acceptors (Lipinski definition) is 4. The van der Waals surface area contributed by atoms with Crippen molar-refractivity contribution in [2.75, 3.05) is 19.0 Å². The Morgan fingerprint density at radius 1 is 1.07 bits per heavy atom. The first-order valence-corrected chi connectivity index (χ1v) is 9.43. The summed E-state index contributed by atoms with van der Waals surface area (Å²) in [7, 11) is 1.60. The van der Waals surface area contributed by atoms with Crippen LogP contribution in [0.2, 0.25) is 0 Å². The minimum Gasteiger partial charge on any atom is -0.492 e. The number of nitrogens with one attached hydrogen (secondary N) is 3. The molecule has 0 saturated heterocycles. The van der Waals surface area contributed by atoms with Gasteiger partial charge in [0.25, 0.3) is 5.91 Å². The summed E-state index contributed by atoms with van der Waals surface area (Å²) < 4.78 is 5.72. The second-order valence-electron chi connectivity index (χ2n) is 6.66. The van der Waals surface area contributed by atoms with E-state index in [1.807, 2.05) is 32.0 Å². The lowest BCUT2D eigenvalue weighted by Crippen LogP contribution is -2.34. The Kier molecular flexibility index (Phi) is 7.95. The largest absolute Gasteiger partial charge is 0.492 e. The highest BCUT2D eigenvalue weighted by molar-refractivity contribution is 7.80. The van der Waals surface area contributed by atoms with Crippen LogP contribution in [0.3, 0.4) is 0 Å². The lowest BCUT2D eigenvalue weighted by Gasteiger charge is -2.14. The molecule has 6 nitrogen and oxygen atoms in total. The fourth-order valence-electron chi connectivity index (χ4n) is 2.35. The molecule has 2 aromatic carbocycles. The summed E-state index contributed by atoms with van der Waals surface area (Å²) in [5, 5.41) is 8.40. The first-order chi connectivity index (χ1) is 13.4. The number of ether oxygens (including phenoxy) is 1. The van der Waals surface area contributed by atoms with Crippen molar-refractivity contribution in [2.45, 2.75) is 20.3 Å². The van der Waals surface area contributed by atoms with Crippen LogP contribution in [-0.4, -0.2) is 30.6 Å². The number of rotatable bonds is 7. The van der Waals surface area contributed by atoms with Crippen molar-refractivity contribution < 1.29 is 14.3 Å². The van der Waals surface area contributed by atoms with Gasteiger partial charge in [0.05, 0.1) is 18.6 Å². The molecule has 0 radical (unpaired) electrons. The number of para-hydroxylation sites is 1. The topological polar surface area (TPSA) is 79.5 Å². The molecule has 2 amide bonds. The Labute approximate surface area is 170 Å². The van der Waals surface area contributed by atoms with E-state index in [2.05, 4.69) is 16.0 Å². The van der Waals surface area contributed by atoms with Crippen LogP contribution in [0.15, 0.2) is 48.5 Å². The number of hydrogen-bond donors (Lipinski definition) is 3. The monoisotopic (exact) mass is 399 g/mol. The van der Waals surface area contributed by atoms with Gasteiger partial charge in [-0.2, -0.15) is 0 Å². The van der Waals surface area contributed by atoms with E-state index in [0.717, 1.165) is 11.3 Å². The van der Waals surface area contributed by atoms with E-state index < -0.39 is 0 Å². The quantitative estimate of drug-likeness (QED) is 0.624. The Hall–Kier alpha value is -2.93. The SMILES string of the molecule is CNC(=O)Cc1ccc(NC(=S)NC(=O)c2ccccc2OCC(C)C)cc1. The molecule has 2 aromatic rings. The third-order valence-electron chi connectivity index (χ3n) is 3.79. The summed E-state index contributed by atoms with van der Waals surface area (Å²) >= 11 is 5.24. The van der Waals surface area contributed by atoms with Gasteiger partial charge >= 0.3 is 0 Å². The maximum Gasteiger partial charge on any atom is 0.261 e. The van der Waals surface area contributed by atoms with Gasteiger partial charge in [-0.25, -0.2) is 0 Å². The molecule has 7 heteroatoms. The average Bonchev–Trinajstić information content (AvgIpc) is 2.67. The highest BCUT2D eigenvalue weighted by Crippen LogP contribution is 2.19. The first-order valence-electron chi connectivity index (χ1n) is 9.02. The van der Waals surface area contributed by atoms with Crippen LogP contribution in [0.1, 0.15) is 29.8 Å². The van der Waals surface area contributed by atoms with E-state index in [9.17, 15) is 9.59 Å². The lowest BCUT2D eigenvalue weighted by atomic mass is 10.1. The standard InChI is InChI=1S/C21H25N3O3S/c1-14(2)13-27-18-7-5-4-6-17(18)20(26)24-21(28)23-16-10-8-15(9-11-16)12-19(25)22-3/h4-11,14H,12-13H2,1-3H3,(H,22,25)(H2,23,24,26,28). The first kappa shape index (κ1) is 21.4. The number of carbonyl (C=O) groups is 2. The lowest BCUT2D eigenvalue weighted by molar-refractivity contribution is -0.119. The number of amides is 2. The van der Waals surface area contributed by atoms with Crippen molar-refractivity contribution in [3.63, 3.8) is 0 Å². The predicted octanol–water partition coefficient (Wildman–Crippen LogP) is 3.14. The van der Waals surface area contributed by atoms with Crippen LogP contribution in [0.25, 0.3) is 0 Å². The van der Waals surface area contributed by atoms with Crippen LogP contribution < -0.4 is 20.7 Å². The van der Waals surface area contributed by atoms with Gasteiger partial charge < -0.3 is 15.4 Å². The molecule has 0 heterocycles. The van der Waals surface area contributed by atoms with Crippen LogP contribution in [0.5, 0.6) is 5.75 Å². The van der Waals surface area contributed by atoms with Crippen molar-refractivity contribution in [2.24, 2.45) is 5.92 Å². The molecule has 0 spiro atoms. The van der Waals surface area contributed by atoms with Gasteiger partial charge in [0.2, 0.25) is 5.91 Å². The normalized spacial score (nSPS) is 10.3. The third-order valence-corrected chi connectivity index (χ3v) is 3.99. The van der Waals surface area contributed by atoms with Crippen LogP contribution in [0.4, 0.5) is 5.69 Å². The van der Waals surface area contributed by atoms with E-state index in [1.165, 1.54) is 0 Å². The molecule has 0 bridgehead atoms. The fourth-order valence-corrected chi connectivity index (χ4v) is 2.56. The molecule has 2 rings (SSSR count). The Balaban J connectivity index is 1.96. The second kappa shape index (κ2) is 10.4. The zero-order valence-corrected chi connectivity index (χ0v) is 17.1. The molecule has 0 saturated carbocycles. The average molecular weight is 400 g/mol. The van der Waals surface area contributed by atoms with Gasteiger partial charge in [-0.05, 0) is 48.0 Å². The number of thiocarbonyl (C=S) groups is 1. The molecule has 0 unspecified atom stereocenters. The van der Waals surface area contributed by atoms with Crippen molar-refractivity contribution >= 4 is 34.8 Å². The van der Waals surface area contributed by atoms with Gasteiger partial charge in [0.1, 0.15) is 5.75 Å². The number of anilines is 1. The van der Waals surface area contributed by atoms with Gasteiger partial charge in [-0.3, -0.25) is 14.9 Å². The van der Waals surface area contributed by atoms with E-state index >= 15 is 0 Å². The number of likely N-dealkylation sites (N-methyl/N-ethyl adjacent to an activating group) is 1. The summed E-state index contributed by atoms with van der Waals surface area (Å²) in [5.74, 6) is 0.482. The zero-order chi connectivity index (χ0) is 20.5. The van der Waals surface area contributed by atoms with E-state index in [0.29, 0.717) is 30.3 Å². The summed E-state index contributed by atoms with van der Waals surface area (Å²) in [6, 6.07) is 14.3. The van der Waals surface area contributed by atoms with E-state index in [4.69, 9.17) is 17.0 Å². The summed E-state index contributed by atoms with van der Waals surface area (Å²) in [5.41, 5.74) is 2.03. The van der Waals surface area contributed by atoms with Gasteiger partial charge in [0.15, 0.2) is 5.11 Å². The van der Waals surface area contributed by atoms with Gasteiger partial charge in [-0.1, -0.05) is 38.1 Å². The van der Waals surface area contributed by atoms with E-state index in [-0.39, 0.29) is 16.9 Å². The molecule has 0 fully saturated rings. The minimum atomic E-state index is -0.340. The van der Waals surface area contributed by atoms with Crippen molar-refractivity contribution in [1.29, 1.82) is 0 Å². The molecular formula is C21H25N3O3S. The second-order valence-corrected chi connectivity index (χ2v) is 7.06. The molecule has 3 N–H and O–H groups in total. The third kappa shape index (κ3) is 6.66. The molecule has 0 aliphatic rings. The van der Waals surface area contributed by atoms with Crippen LogP contribution >= 0.6 is 12.2 Å². The maximum absolute atomic E-state index is 12.6. The molecular weight excluding hydrogens is 374 g/mol. The van der Waals surface area contributed by atoms with E-state index in [1.54, 1.807) is 37.4 Å². The molecule has 148 valence electrons. The maximum atomic E-state index is 12.6.